The molecule has 0 bridgehead atoms. The fraction of sp³-hybridized carbons (Fsp3) is 0.267. The van der Waals surface area contributed by atoms with E-state index in [0.717, 1.165) is 11.3 Å². The third-order valence-corrected chi connectivity index (χ3v) is 3.20. The van der Waals surface area contributed by atoms with E-state index in [0.29, 0.717) is 12.1 Å². The summed E-state index contributed by atoms with van der Waals surface area (Å²) in [6.07, 6.45) is 1.61. The zero-order chi connectivity index (χ0) is 15.4. The Kier molecular flexibility index (Phi) is 4.49. The number of ketones is 1. The smallest absolute Gasteiger partial charge is 0.270 e. The molecule has 110 valence electrons. The molecule has 6 heteroatoms. The minimum absolute atomic E-state index is 0.0748. The molecule has 0 saturated heterocycles. The first-order valence-corrected chi connectivity index (χ1v) is 6.46. The number of furan rings is 1. The number of benzene rings is 1. The highest BCUT2D eigenvalue weighted by molar-refractivity contribution is 5.98. The lowest BCUT2D eigenvalue weighted by molar-refractivity contribution is -0.384. The van der Waals surface area contributed by atoms with Crippen LogP contribution >= 0.6 is 0 Å². The lowest BCUT2D eigenvalue weighted by Crippen LogP contribution is -2.25. The molecule has 0 saturated carbocycles. The van der Waals surface area contributed by atoms with Gasteiger partial charge in [0.05, 0.1) is 17.7 Å². The van der Waals surface area contributed by atoms with Gasteiger partial charge in [-0.05, 0) is 20.0 Å². The van der Waals surface area contributed by atoms with Crippen LogP contribution in [0.25, 0.3) is 0 Å². The molecule has 0 aliphatic heterocycles. The standard InChI is InChI=1S/C15H16N2O4/c1-11-13(6-7-21-11)9-16(2)10-15(18)12-4-3-5-14(8-12)17(19)20/h3-8H,9-10H2,1-2H3. The quantitative estimate of drug-likeness (QED) is 0.464. The molecule has 0 spiro atoms. The lowest BCUT2D eigenvalue weighted by Gasteiger charge is -2.15. The van der Waals surface area contributed by atoms with Crippen molar-refractivity contribution in [3.8, 4) is 0 Å². The SMILES string of the molecule is Cc1occc1CN(C)CC(=O)c1cccc([N+](=O)[O-])c1. The number of hydrogen-bond donors (Lipinski definition) is 0. The minimum atomic E-state index is -0.505. The van der Waals surface area contributed by atoms with Crippen LogP contribution in [0.15, 0.2) is 41.0 Å². The van der Waals surface area contributed by atoms with Crippen molar-refractivity contribution in [1.29, 1.82) is 0 Å². The summed E-state index contributed by atoms with van der Waals surface area (Å²) < 4.78 is 5.21. The molecule has 0 atom stereocenters. The van der Waals surface area contributed by atoms with E-state index >= 15 is 0 Å². The van der Waals surface area contributed by atoms with E-state index in [1.165, 1.54) is 18.2 Å². The average molecular weight is 288 g/mol. The van der Waals surface area contributed by atoms with Gasteiger partial charge >= 0.3 is 0 Å². The summed E-state index contributed by atoms with van der Waals surface area (Å²) in [5.41, 5.74) is 1.29. The number of nitro groups is 1. The Labute approximate surface area is 122 Å². The van der Waals surface area contributed by atoms with Gasteiger partial charge in [0.2, 0.25) is 0 Å². The van der Waals surface area contributed by atoms with Crippen molar-refractivity contribution in [3.05, 3.63) is 63.6 Å². The largest absolute Gasteiger partial charge is 0.469 e. The molecule has 0 amide bonds. The van der Waals surface area contributed by atoms with Gasteiger partial charge < -0.3 is 4.42 Å². The fourth-order valence-corrected chi connectivity index (χ4v) is 2.05. The summed E-state index contributed by atoms with van der Waals surface area (Å²) in [7, 11) is 1.82. The number of carbonyl (C=O) groups excluding carboxylic acids is 1. The molecule has 0 fully saturated rings. The highest BCUT2D eigenvalue weighted by Crippen LogP contribution is 2.15. The Morgan fingerprint density at radius 2 is 2.14 bits per heavy atom. The fourth-order valence-electron chi connectivity index (χ4n) is 2.05. The Morgan fingerprint density at radius 1 is 1.38 bits per heavy atom. The number of carbonyl (C=O) groups is 1. The molecule has 0 unspecified atom stereocenters. The van der Waals surface area contributed by atoms with E-state index in [1.807, 2.05) is 24.9 Å². The first-order valence-electron chi connectivity index (χ1n) is 6.46. The molecule has 0 aliphatic rings. The van der Waals surface area contributed by atoms with Crippen LogP contribution in [0.1, 0.15) is 21.7 Å². The van der Waals surface area contributed by atoms with Crippen molar-refractivity contribution < 1.29 is 14.1 Å². The van der Waals surface area contributed by atoms with Crippen LogP contribution in [-0.2, 0) is 6.54 Å². The van der Waals surface area contributed by atoms with Crippen LogP contribution in [0.3, 0.4) is 0 Å². The molecule has 21 heavy (non-hydrogen) atoms. The monoisotopic (exact) mass is 288 g/mol. The van der Waals surface area contributed by atoms with Crippen LogP contribution in [0, 0.1) is 17.0 Å². The normalized spacial score (nSPS) is 10.8. The Hall–Kier alpha value is -2.47. The summed E-state index contributed by atoms with van der Waals surface area (Å²) in [6.45, 7) is 2.64. The molecule has 1 aromatic heterocycles. The number of Topliss-reactive ketones (excluding diaryl/α,β-unsaturated/α-hetero) is 1. The van der Waals surface area contributed by atoms with Crippen molar-refractivity contribution in [3.63, 3.8) is 0 Å². The minimum Gasteiger partial charge on any atom is -0.469 e. The van der Waals surface area contributed by atoms with Gasteiger partial charge in [-0.15, -0.1) is 0 Å². The Balaban J connectivity index is 2.02. The molecule has 0 radical (unpaired) electrons. The molecule has 2 aromatic rings. The molecule has 1 heterocycles. The second-order valence-corrected chi connectivity index (χ2v) is 4.90. The summed E-state index contributed by atoms with van der Waals surface area (Å²) >= 11 is 0. The van der Waals surface area contributed by atoms with E-state index in [4.69, 9.17) is 4.42 Å². The van der Waals surface area contributed by atoms with Crippen LogP contribution in [0.5, 0.6) is 0 Å². The Bertz CT molecular complexity index is 663. The van der Waals surface area contributed by atoms with Crippen molar-refractivity contribution in [2.45, 2.75) is 13.5 Å². The highest BCUT2D eigenvalue weighted by atomic mass is 16.6. The molecule has 6 nitrogen and oxygen atoms in total. The van der Waals surface area contributed by atoms with Crippen LogP contribution in [0.2, 0.25) is 0 Å². The van der Waals surface area contributed by atoms with Gasteiger partial charge in [-0.2, -0.15) is 0 Å². The highest BCUT2D eigenvalue weighted by Gasteiger charge is 2.14. The number of nitrogens with zero attached hydrogens (tertiary/aromatic N) is 2. The maximum atomic E-state index is 12.2. The Morgan fingerprint density at radius 3 is 2.76 bits per heavy atom. The number of non-ortho nitro benzene ring substituents is 1. The number of likely N-dealkylation sites (N-methyl/N-ethyl adjacent to an activating group) is 1. The molecular formula is C15H16N2O4. The summed E-state index contributed by atoms with van der Waals surface area (Å²) in [5.74, 6) is 0.673. The first-order chi connectivity index (χ1) is 9.97. The summed E-state index contributed by atoms with van der Waals surface area (Å²) in [4.78, 5) is 24.2. The van der Waals surface area contributed by atoms with Gasteiger partial charge in [0.25, 0.3) is 5.69 Å². The maximum Gasteiger partial charge on any atom is 0.270 e. The predicted molar refractivity (Wildman–Crippen MR) is 77.2 cm³/mol. The predicted octanol–water partition coefficient (Wildman–Crippen LogP) is 2.81. The van der Waals surface area contributed by atoms with Crippen LogP contribution in [-0.4, -0.2) is 29.2 Å². The van der Waals surface area contributed by atoms with Crippen LogP contribution in [0.4, 0.5) is 5.69 Å². The number of hydrogen-bond acceptors (Lipinski definition) is 5. The zero-order valence-electron chi connectivity index (χ0n) is 11.9. The second kappa shape index (κ2) is 6.32. The number of nitro benzene ring substituents is 1. The van der Waals surface area contributed by atoms with Gasteiger partial charge in [-0.3, -0.25) is 19.8 Å². The summed E-state index contributed by atoms with van der Waals surface area (Å²) in [6, 6.07) is 7.65. The van der Waals surface area contributed by atoms with Gasteiger partial charge in [0, 0.05) is 29.8 Å². The van der Waals surface area contributed by atoms with Gasteiger partial charge in [0.1, 0.15) is 5.76 Å². The van der Waals surface area contributed by atoms with E-state index in [1.54, 1.807) is 12.3 Å². The van der Waals surface area contributed by atoms with E-state index in [9.17, 15) is 14.9 Å². The molecule has 2 rings (SSSR count). The van der Waals surface area contributed by atoms with E-state index < -0.39 is 4.92 Å². The first kappa shape index (κ1) is 14.9. The molecule has 1 aromatic carbocycles. The lowest BCUT2D eigenvalue weighted by atomic mass is 10.1. The molecule has 0 N–H and O–H groups in total. The topological polar surface area (TPSA) is 76.6 Å². The third-order valence-electron chi connectivity index (χ3n) is 3.20. The molecule has 0 aliphatic carbocycles. The van der Waals surface area contributed by atoms with Crippen molar-refractivity contribution in [2.24, 2.45) is 0 Å². The maximum absolute atomic E-state index is 12.2. The second-order valence-electron chi connectivity index (χ2n) is 4.90. The van der Waals surface area contributed by atoms with Crippen molar-refractivity contribution in [2.75, 3.05) is 13.6 Å². The average Bonchev–Trinajstić information content (AvgIpc) is 2.84. The summed E-state index contributed by atoms with van der Waals surface area (Å²) in [5, 5.41) is 10.7. The number of aryl methyl sites for hydroxylation is 1. The third kappa shape index (κ3) is 3.76. The van der Waals surface area contributed by atoms with E-state index in [2.05, 4.69) is 0 Å². The zero-order valence-corrected chi connectivity index (χ0v) is 11.9. The molecular weight excluding hydrogens is 272 g/mol. The van der Waals surface area contributed by atoms with Crippen LogP contribution < -0.4 is 0 Å². The van der Waals surface area contributed by atoms with Gasteiger partial charge in [-0.1, -0.05) is 12.1 Å². The number of rotatable bonds is 6. The van der Waals surface area contributed by atoms with Gasteiger partial charge in [-0.25, -0.2) is 0 Å². The van der Waals surface area contributed by atoms with Crippen molar-refractivity contribution >= 4 is 11.5 Å². The van der Waals surface area contributed by atoms with E-state index in [-0.39, 0.29) is 18.0 Å². The van der Waals surface area contributed by atoms with Gasteiger partial charge in [0.15, 0.2) is 5.78 Å². The van der Waals surface area contributed by atoms with Crippen molar-refractivity contribution in [1.82, 2.24) is 4.90 Å².